The van der Waals surface area contributed by atoms with Crippen LogP contribution in [0.25, 0.3) is 11.0 Å². The van der Waals surface area contributed by atoms with Crippen LogP contribution >= 0.6 is 0 Å². The molecule has 0 amide bonds. The zero-order chi connectivity index (χ0) is 18.5. The summed E-state index contributed by atoms with van der Waals surface area (Å²) in [7, 11) is 4.25. The van der Waals surface area contributed by atoms with Gasteiger partial charge >= 0.3 is 0 Å². The lowest BCUT2D eigenvalue weighted by Crippen LogP contribution is -2.55. The Morgan fingerprint density at radius 2 is 1.74 bits per heavy atom. The number of likely N-dealkylation sites (N-methyl/N-ethyl adjacent to an activating group) is 1. The summed E-state index contributed by atoms with van der Waals surface area (Å²) in [5.74, 6) is 1.29. The summed E-state index contributed by atoms with van der Waals surface area (Å²) in [6.07, 6.45) is 5.93. The molecule has 1 saturated carbocycles. The molecule has 2 saturated heterocycles. The van der Waals surface area contributed by atoms with Gasteiger partial charge in [0, 0.05) is 75.8 Å². The fourth-order valence-corrected chi connectivity index (χ4v) is 5.58. The molecule has 1 aliphatic carbocycles. The lowest BCUT2D eigenvalue weighted by Gasteiger charge is -2.44. The second-order valence-corrected chi connectivity index (χ2v) is 8.86. The van der Waals surface area contributed by atoms with Crippen LogP contribution < -0.4 is 4.90 Å². The van der Waals surface area contributed by atoms with Gasteiger partial charge in [-0.15, -0.1) is 0 Å². The Labute approximate surface area is 161 Å². The number of fused-ring (bicyclic) bond motifs is 2. The van der Waals surface area contributed by atoms with Gasteiger partial charge in [0.15, 0.2) is 0 Å². The van der Waals surface area contributed by atoms with Gasteiger partial charge in [0.25, 0.3) is 0 Å². The van der Waals surface area contributed by atoms with E-state index in [1.807, 2.05) is 6.20 Å². The molecule has 0 bridgehead atoms. The number of anilines is 1. The van der Waals surface area contributed by atoms with Crippen LogP contribution in [0.1, 0.15) is 12.8 Å². The summed E-state index contributed by atoms with van der Waals surface area (Å²) in [5.41, 5.74) is 2.36. The van der Waals surface area contributed by atoms with Gasteiger partial charge in [0.05, 0.1) is 6.10 Å². The van der Waals surface area contributed by atoms with Crippen molar-refractivity contribution in [1.82, 2.24) is 19.4 Å². The first-order valence-electron chi connectivity index (χ1n) is 10.4. The van der Waals surface area contributed by atoms with E-state index in [1.54, 1.807) is 0 Å². The minimum Gasteiger partial charge on any atom is -0.391 e. The van der Waals surface area contributed by atoms with Gasteiger partial charge in [-0.05, 0) is 43.9 Å². The Balaban J connectivity index is 1.34. The number of aliphatic hydroxyl groups is 1. The molecule has 2 aliphatic heterocycles. The Morgan fingerprint density at radius 3 is 2.52 bits per heavy atom. The number of aliphatic hydroxyl groups excluding tert-OH is 1. The molecule has 146 valence electrons. The van der Waals surface area contributed by atoms with Crippen LogP contribution in [-0.2, 0) is 7.05 Å². The smallest absolute Gasteiger partial charge is 0.141 e. The summed E-state index contributed by atoms with van der Waals surface area (Å²) < 4.78 is 2.09. The highest BCUT2D eigenvalue weighted by atomic mass is 16.3. The number of nitrogens with zero attached hydrogens (tertiary/aromatic N) is 5. The number of hydrogen-bond donors (Lipinski definition) is 1. The zero-order valence-corrected chi connectivity index (χ0v) is 16.5. The lowest BCUT2D eigenvalue weighted by atomic mass is 9.77. The van der Waals surface area contributed by atoms with Crippen LogP contribution in [0.5, 0.6) is 0 Å². The SMILES string of the molecule is CN1CCN([C@@H]2C[C@@H]3CN(c4ccnc5c4ccn5C)C[C@@H]3C[C@H]2O)CC1. The first-order chi connectivity index (χ1) is 13.1. The van der Waals surface area contributed by atoms with E-state index in [2.05, 4.69) is 56.7 Å². The molecule has 1 N–H and O–H groups in total. The van der Waals surface area contributed by atoms with E-state index < -0.39 is 0 Å². The van der Waals surface area contributed by atoms with Gasteiger partial charge in [-0.25, -0.2) is 4.98 Å². The first-order valence-corrected chi connectivity index (χ1v) is 10.4. The van der Waals surface area contributed by atoms with Crippen molar-refractivity contribution in [3.63, 3.8) is 0 Å². The summed E-state index contributed by atoms with van der Waals surface area (Å²) in [6.45, 7) is 6.59. The van der Waals surface area contributed by atoms with Crippen molar-refractivity contribution < 1.29 is 5.11 Å². The Morgan fingerprint density at radius 1 is 1.00 bits per heavy atom. The highest BCUT2D eigenvalue weighted by Gasteiger charge is 2.44. The number of pyridine rings is 1. The molecular weight excluding hydrogens is 338 g/mol. The van der Waals surface area contributed by atoms with Crippen LogP contribution in [-0.4, -0.2) is 82.9 Å². The van der Waals surface area contributed by atoms with E-state index in [1.165, 1.54) is 11.1 Å². The topological polar surface area (TPSA) is 47.8 Å². The molecule has 6 nitrogen and oxygen atoms in total. The molecule has 27 heavy (non-hydrogen) atoms. The molecule has 2 aromatic rings. The van der Waals surface area contributed by atoms with Crippen LogP contribution in [0.3, 0.4) is 0 Å². The molecule has 0 aromatic carbocycles. The van der Waals surface area contributed by atoms with E-state index in [0.717, 1.165) is 57.8 Å². The summed E-state index contributed by atoms with van der Waals surface area (Å²) in [5, 5.41) is 12.1. The van der Waals surface area contributed by atoms with E-state index in [4.69, 9.17) is 0 Å². The van der Waals surface area contributed by atoms with Crippen LogP contribution in [0.4, 0.5) is 5.69 Å². The van der Waals surface area contributed by atoms with E-state index >= 15 is 0 Å². The van der Waals surface area contributed by atoms with E-state index in [9.17, 15) is 5.11 Å². The molecule has 0 spiro atoms. The van der Waals surface area contributed by atoms with Gasteiger partial charge in [-0.2, -0.15) is 0 Å². The number of aromatic nitrogens is 2. The molecular formula is C21H31N5O. The van der Waals surface area contributed by atoms with Crippen LogP contribution in [0, 0.1) is 11.8 Å². The molecule has 0 radical (unpaired) electrons. The number of aryl methyl sites for hydroxylation is 1. The van der Waals surface area contributed by atoms with E-state index in [-0.39, 0.29) is 6.10 Å². The second-order valence-electron chi connectivity index (χ2n) is 8.86. The monoisotopic (exact) mass is 369 g/mol. The normalized spacial score (nSPS) is 32.9. The predicted molar refractivity (Wildman–Crippen MR) is 108 cm³/mol. The van der Waals surface area contributed by atoms with Crippen molar-refractivity contribution in [3.05, 3.63) is 24.5 Å². The molecule has 3 fully saturated rings. The molecule has 2 aromatic heterocycles. The quantitative estimate of drug-likeness (QED) is 0.867. The van der Waals surface area contributed by atoms with Gasteiger partial charge in [0.1, 0.15) is 5.65 Å². The van der Waals surface area contributed by atoms with Crippen molar-refractivity contribution in [2.45, 2.75) is 25.0 Å². The molecule has 4 atom stereocenters. The van der Waals surface area contributed by atoms with Crippen LogP contribution in [0.2, 0.25) is 0 Å². The molecule has 3 aliphatic rings. The van der Waals surface area contributed by atoms with Crippen molar-refractivity contribution in [1.29, 1.82) is 0 Å². The molecule has 6 heteroatoms. The van der Waals surface area contributed by atoms with Gasteiger partial charge in [-0.1, -0.05) is 0 Å². The predicted octanol–water partition coefficient (Wildman–Crippen LogP) is 1.40. The third kappa shape index (κ3) is 3.04. The van der Waals surface area contributed by atoms with Crippen molar-refractivity contribution in [2.24, 2.45) is 18.9 Å². The highest BCUT2D eigenvalue weighted by Crippen LogP contribution is 2.41. The van der Waals surface area contributed by atoms with Crippen molar-refractivity contribution in [2.75, 3.05) is 51.2 Å². The van der Waals surface area contributed by atoms with Crippen molar-refractivity contribution >= 4 is 16.7 Å². The largest absolute Gasteiger partial charge is 0.391 e. The van der Waals surface area contributed by atoms with Crippen molar-refractivity contribution in [3.8, 4) is 0 Å². The molecule has 0 unspecified atom stereocenters. The molecule has 4 heterocycles. The maximum Gasteiger partial charge on any atom is 0.141 e. The maximum absolute atomic E-state index is 10.9. The Hall–Kier alpha value is -1.63. The highest BCUT2D eigenvalue weighted by molar-refractivity contribution is 5.90. The number of piperazine rings is 1. The number of rotatable bonds is 2. The Bertz CT molecular complexity index is 812. The molecule has 5 rings (SSSR count). The second kappa shape index (κ2) is 6.76. The first kappa shape index (κ1) is 17.5. The fraction of sp³-hybridized carbons (Fsp3) is 0.667. The fourth-order valence-electron chi connectivity index (χ4n) is 5.58. The van der Waals surface area contributed by atoms with Crippen LogP contribution in [0.15, 0.2) is 24.5 Å². The van der Waals surface area contributed by atoms with Gasteiger partial charge in [-0.3, -0.25) is 4.90 Å². The zero-order valence-electron chi connectivity index (χ0n) is 16.5. The average molecular weight is 370 g/mol. The Kier molecular flexibility index (Phi) is 4.37. The summed E-state index contributed by atoms with van der Waals surface area (Å²) in [6, 6.07) is 4.68. The lowest BCUT2D eigenvalue weighted by molar-refractivity contribution is -0.0249. The van der Waals surface area contributed by atoms with Gasteiger partial charge < -0.3 is 19.5 Å². The third-order valence-corrected chi connectivity index (χ3v) is 7.20. The summed E-state index contributed by atoms with van der Waals surface area (Å²) in [4.78, 5) is 12.0. The van der Waals surface area contributed by atoms with Gasteiger partial charge in [0.2, 0.25) is 0 Å². The van der Waals surface area contributed by atoms with E-state index in [0.29, 0.717) is 17.9 Å². The minimum absolute atomic E-state index is 0.177. The minimum atomic E-state index is -0.177. The third-order valence-electron chi connectivity index (χ3n) is 7.20. The standard InChI is InChI=1S/C21H31N5O/c1-23-7-9-25(10-8-23)19-11-15-13-26(14-16(15)12-20(19)27)18-3-5-22-21-17(18)4-6-24(21)2/h3-6,15-16,19-20,27H,7-14H2,1-2H3/t15-,16+,19-,20-/m1/s1. The summed E-state index contributed by atoms with van der Waals surface area (Å²) >= 11 is 0. The maximum atomic E-state index is 10.9. The average Bonchev–Trinajstić information content (AvgIpc) is 3.25. The number of hydrogen-bond acceptors (Lipinski definition) is 5.